The van der Waals surface area contributed by atoms with Crippen molar-refractivity contribution in [2.45, 2.75) is 74.1 Å². The van der Waals surface area contributed by atoms with Crippen molar-refractivity contribution in [3.05, 3.63) is 51.7 Å². The second-order valence-corrected chi connectivity index (χ2v) is 15.0. The molecule has 2 aromatic rings. The van der Waals surface area contributed by atoms with Gasteiger partial charge in [0.15, 0.2) is 28.5 Å². The zero-order valence-corrected chi connectivity index (χ0v) is 28.2. The molecule has 3 saturated heterocycles. The lowest BCUT2D eigenvalue weighted by molar-refractivity contribution is -0.153. The van der Waals surface area contributed by atoms with Crippen LogP contribution >= 0.6 is 11.8 Å². The Morgan fingerprint density at radius 1 is 1.21 bits per heavy atom. The number of hydrogen-bond donors (Lipinski definition) is 3. The Morgan fingerprint density at radius 2 is 1.94 bits per heavy atom. The van der Waals surface area contributed by atoms with Gasteiger partial charge in [0, 0.05) is 65.2 Å². The zero-order chi connectivity index (χ0) is 34.2. The molecular weight excluding hydrogens is 638 g/mol. The molecule has 0 aliphatic carbocycles. The molecule has 0 aromatic heterocycles. The first-order valence-electron chi connectivity index (χ1n) is 15.8. The van der Waals surface area contributed by atoms with Crippen LogP contribution in [-0.2, 0) is 19.9 Å². The fourth-order valence-electron chi connectivity index (χ4n) is 9.35. The lowest BCUT2D eigenvalue weighted by atomic mass is 9.72. The summed E-state index contributed by atoms with van der Waals surface area (Å²) in [6, 6.07) is 3.03. The summed E-state index contributed by atoms with van der Waals surface area (Å²) in [6.45, 7) is 11.1. The molecule has 9 rings (SSSR count). The minimum Gasteiger partial charge on any atom is -0.504 e. The smallest absolute Gasteiger partial charge is 0.333 e. The Bertz CT molecular complexity index is 1910. The molecule has 14 heteroatoms. The highest BCUT2D eigenvalue weighted by Crippen LogP contribution is 2.71. The van der Waals surface area contributed by atoms with E-state index in [1.807, 2.05) is 13.8 Å². The summed E-state index contributed by atoms with van der Waals surface area (Å²) in [5, 5.41) is 22.6. The Hall–Kier alpha value is -4.16. The Labute approximate surface area is 281 Å². The number of nitriles is 1. The summed E-state index contributed by atoms with van der Waals surface area (Å²) < 4.78 is 29.8. The summed E-state index contributed by atoms with van der Waals surface area (Å²) in [5.74, 6) is 0.335. The van der Waals surface area contributed by atoms with Crippen molar-refractivity contribution in [1.29, 1.82) is 5.26 Å². The van der Waals surface area contributed by atoms with Crippen LogP contribution in [0.4, 0.5) is 0 Å². The van der Waals surface area contributed by atoms with Gasteiger partial charge in [-0.25, -0.2) is 4.79 Å². The summed E-state index contributed by atoms with van der Waals surface area (Å²) in [6.07, 6.45) is 0.418. The lowest BCUT2D eigenvalue weighted by Gasteiger charge is -2.58. The van der Waals surface area contributed by atoms with Gasteiger partial charge in [-0.1, -0.05) is 6.58 Å². The van der Waals surface area contributed by atoms with E-state index in [2.05, 4.69) is 35.4 Å². The highest BCUT2D eigenvalue weighted by Gasteiger charge is 2.72. The van der Waals surface area contributed by atoms with Gasteiger partial charge in [0.25, 0.3) is 0 Å². The summed E-state index contributed by atoms with van der Waals surface area (Å²) in [4.78, 5) is 30.9. The second kappa shape index (κ2) is 9.94. The third-order valence-corrected chi connectivity index (χ3v) is 12.8. The minimum absolute atomic E-state index is 0.0348. The molecule has 7 aliphatic rings. The first-order valence-corrected chi connectivity index (χ1v) is 16.8. The van der Waals surface area contributed by atoms with Crippen LogP contribution in [0.5, 0.6) is 28.7 Å². The number of aryl methyl sites for hydroxylation is 1. The monoisotopic (exact) mass is 675 g/mol. The maximum Gasteiger partial charge on any atom is 0.333 e. The molecular formula is C34H37N5O8S. The number of nitrogens with two attached hydrogens (primary N) is 2. The van der Waals surface area contributed by atoms with Crippen molar-refractivity contribution < 1.29 is 38.4 Å². The predicted molar refractivity (Wildman–Crippen MR) is 173 cm³/mol. The summed E-state index contributed by atoms with van der Waals surface area (Å²) in [5.41, 5.74) is 13.7. The molecule has 7 heterocycles. The summed E-state index contributed by atoms with van der Waals surface area (Å²) >= 11 is 1.35. The number of nitrogens with zero attached hydrogens (tertiary/aromatic N) is 3. The number of phenols is 1. The van der Waals surface area contributed by atoms with Crippen molar-refractivity contribution in [1.82, 2.24) is 9.80 Å². The molecule has 0 spiro atoms. The normalized spacial score (nSPS) is 34.1. The SMILES string of the molecule is C=C(N)[C@]1(N)CS[C@@H]2c3c(OC(C)=O)c(C)c4c(c3[C@H](COC1=O)N1[C@@H]2[C@H]2c3c(cc(C)c(OC)c3O)C3(C)C[C@@]1(C#N)CN23)OCO4. The Balaban J connectivity index is 1.48. The van der Waals surface area contributed by atoms with Gasteiger partial charge < -0.3 is 40.3 Å². The van der Waals surface area contributed by atoms with E-state index in [4.69, 9.17) is 35.2 Å². The number of esters is 2. The Morgan fingerprint density at radius 3 is 2.60 bits per heavy atom. The molecule has 7 atom stereocenters. The van der Waals surface area contributed by atoms with E-state index in [0.717, 1.165) is 16.7 Å². The number of carbonyl (C=O) groups is 2. The van der Waals surface area contributed by atoms with E-state index < -0.39 is 51.9 Å². The highest BCUT2D eigenvalue weighted by molar-refractivity contribution is 7.99. The number of phenolic OH excluding ortho intramolecular Hbond substituents is 1. The number of thioether (sulfide) groups is 1. The third kappa shape index (κ3) is 3.62. The van der Waals surface area contributed by atoms with E-state index in [0.29, 0.717) is 52.7 Å². The predicted octanol–water partition coefficient (Wildman–Crippen LogP) is 2.85. The number of ether oxygens (including phenoxy) is 5. The number of fused-ring (bicyclic) bond motifs is 10. The van der Waals surface area contributed by atoms with Crippen molar-refractivity contribution in [3.63, 3.8) is 0 Å². The van der Waals surface area contributed by atoms with Crippen LogP contribution in [0.2, 0.25) is 0 Å². The minimum atomic E-state index is -1.73. The van der Waals surface area contributed by atoms with Gasteiger partial charge in [0.2, 0.25) is 6.79 Å². The van der Waals surface area contributed by atoms with Gasteiger partial charge in [0.05, 0.1) is 30.5 Å². The van der Waals surface area contributed by atoms with Crippen LogP contribution in [0.25, 0.3) is 0 Å². The molecule has 5 N–H and O–H groups in total. The average molecular weight is 676 g/mol. The molecule has 48 heavy (non-hydrogen) atoms. The van der Waals surface area contributed by atoms with Gasteiger partial charge in [0.1, 0.15) is 17.9 Å². The van der Waals surface area contributed by atoms with Crippen molar-refractivity contribution >= 4 is 23.7 Å². The highest BCUT2D eigenvalue weighted by atomic mass is 32.2. The van der Waals surface area contributed by atoms with Crippen LogP contribution in [0, 0.1) is 25.2 Å². The van der Waals surface area contributed by atoms with Crippen LogP contribution in [0.15, 0.2) is 18.3 Å². The lowest BCUT2D eigenvalue weighted by Crippen LogP contribution is -2.67. The molecule has 7 aliphatic heterocycles. The van der Waals surface area contributed by atoms with Crippen molar-refractivity contribution in [3.8, 4) is 34.8 Å². The van der Waals surface area contributed by atoms with Gasteiger partial charge >= 0.3 is 11.9 Å². The molecule has 13 nitrogen and oxygen atoms in total. The molecule has 0 amide bonds. The first-order chi connectivity index (χ1) is 22.7. The van der Waals surface area contributed by atoms with E-state index in [9.17, 15) is 20.0 Å². The standard InChI is InChI=1S/C34H37N5O8S/c1-14-7-18-20(25(41)26(14)43-6)23-24-30-22-21(29-28(45-13-46-29)15(2)27(22)47-17(4)40)19(8-44-31(42)34(37,12-48-30)16(3)36)39(24)33(10-35)9-32(18,5)38(23)11-33/h7,19,23-24,30,41H,3,8-9,11-13,36-37H2,1-2,4-6H3/t19-,23+,24+,30+,32?,33+,34+/m0/s1. The topological polar surface area (TPSA) is 183 Å². The van der Waals surface area contributed by atoms with Crippen molar-refractivity contribution in [2.75, 3.05) is 32.8 Å². The molecule has 252 valence electrons. The number of rotatable bonds is 3. The maximum atomic E-state index is 13.7. The number of carbonyl (C=O) groups excluding carboxylic acids is 2. The molecule has 1 unspecified atom stereocenters. The number of aromatic hydroxyl groups is 1. The van der Waals surface area contributed by atoms with Crippen LogP contribution in [0.3, 0.4) is 0 Å². The van der Waals surface area contributed by atoms with Gasteiger partial charge in [-0.05, 0) is 38.0 Å². The van der Waals surface area contributed by atoms with Crippen LogP contribution < -0.4 is 30.4 Å². The maximum absolute atomic E-state index is 13.7. The van der Waals surface area contributed by atoms with E-state index in [1.54, 1.807) is 0 Å². The Kier molecular flexibility index (Phi) is 6.45. The van der Waals surface area contributed by atoms with Gasteiger partial charge in [-0.3, -0.25) is 14.6 Å². The largest absolute Gasteiger partial charge is 0.504 e. The molecule has 3 fully saturated rings. The number of benzene rings is 2. The van der Waals surface area contributed by atoms with Gasteiger partial charge in [-0.15, -0.1) is 11.8 Å². The van der Waals surface area contributed by atoms with E-state index in [1.165, 1.54) is 25.8 Å². The van der Waals surface area contributed by atoms with Gasteiger partial charge in [-0.2, -0.15) is 5.26 Å². The second-order valence-electron chi connectivity index (χ2n) is 13.9. The van der Waals surface area contributed by atoms with Crippen molar-refractivity contribution in [2.24, 2.45) is 11.5 Å². The molecule has 4 bridgehead atoms. The molecule has 2 aromatic carbocycles. The fraction of sp³-hybridized carbons (Fsp3) is 0.500. The van der Waals surface area contributed by atoms with Crippen LogP contribution in [0.1, 0.15) is 71.0 Å². The van der Waals surface area contributed by atoms with E-state index >= 15 is 0 Å². The zero-order valence-electron chi connectivity index (χ0n) is 27.3. The molecule has 0 saturated carbocycles. The average Bonchev–Trinajstić information content (AvgIpc) is 3.69. The third-order valence-electron chi connectivity index (χ3n) is 11.3. The number of piperazine rings is 1. The number of methoxy groups -OCH3 is 1. The fourth-order valence-corrected chi connectivity index (χ4v) is 11.0. The first kappa shape index (κ1) is 31.1. The quantitative estimate of drug-likeness (QED) is 0.319. The van der Waals surface area contributed by atoms with E-state index in [-0.39, 0.29) is 30.6 Å². The number of hydrogen-bond acceptors (Lipinski definition) is 14. The van der Waals surface area contributed by atoms with Crippen LogP contribution in [-0.4, -0.2) is 76.8 Å². The summed E-state index contributed by atoms with van der Waals surface area (Å²) in [7, 11) is 1.53. The molecule has 0 radical (unpaired) electrons.